The van der Waals surface area contributed by atoms with Crippen LogP contribution in [0.25, 0.3) is 10.1 Å². The van der Waals surface area contributed by atoms with Crippen molar-refractivity contribution in [1.29, 1.82) is 5.26 Å². The fourth-order valence-electron chi connectivity index (χ4n) is 4.97. The number of pyridine rings is 1. The van der Waals surface area contributed by atoms with Crippen molar-refractivity contribution in [2.45, 2.75) is 19.5 Å². The van der Waals surface area contributed by atoms with E-state index in [2.05, 4.69) is 21.4 Å². The Balaban J connectivity index is 1.26. The van der Waals surface area contributed by atoms with Crippen LogP contribution in [0.15, 0.2) is 110 Å². The number of anilines is 1. The minimum absolute atomic E-state index is 0.146. The van der Waals surface area contributed by atoms with Crippen LogP contribution in [-0.4, -0.2) is 32.9 Å². The molecule has 0 fully saturated rings. The molecular weight excluding hydrogens is 604 g/mol. The van der Waals surface area contributed by atoms with Gasteiger partial charge in [0, 0.05) is 58.6 Å². The zero-order chi connectivity index (χ0) is 31.2. The molecule has 0 saturated carbocycles. The Labute approximate surface area is 269 Å². The van der Waals surface area contributed by atoms with Gasteiger partial charge in [-0.15, -0.1) is 11.3 Å². The topological polar surface area (TPSA) is 104 Å². The molecule has 45 heavy (non-hydrogen) atoms. The molecule has 222 valence electrons. The van der Waals surface area contributed by atoms with E-state index in [-0.39, 0.29) is 18.4 Å². The second kappa shape index (κ2) is 13.6. The number of nitrogens with one attached hydrogen (secondary N) is 1. The smallest absolute Gasteiger partial charge is 0.261 e. The summed E-state index contributed by atoms with van der Waals surface area (Å²) < 4.78 is 2.92. The molecule has 0 radical (unpaired) electrons. The highest BCUT2D eigenvalue weighted by Gasteiger charge is 2.22. The van der Waals surface area contributed by atoms with Gasteiger partial charge in [0.1, 0.15) is 0 Å². The molecule has 8 nitrogen and oxygen atoms in total. The van der Waals surface area contributed by atoms with Gasteiger partial charge in [0.15, 0.2) is 0 Å². The number of benzene rings is 3. The first-order valence-electron chi connectivity index (χ1n) is 14.2. The van der Waals surface area contributed by atoms with E-state index in [0.717, 1.165) is 27.0 Å². The van der Waals surface area contributed by atoms with Crippen molar-refractivity contribution >= 4 is 50.5 Å². The lowest BCUT2D eigenvalue weighted by Crippen LogP contribution is -2.31. The van der Waals surface area contributed by atoms with Gasteiger partial charge in [0.05, 0.1) is 35.1 Å². The van der Waals surface area contributed by atoms with E-state index in [4.69, 9.17) is 16.9 Å². The first-order valence-corrected chi connectivity index (χ1v) is 15.4. The van der Waals surface area contributed by atoms with Crippen LogP contribution < -0.4 is 10.2 Å². The van der Waals surface area contributed by atoms with Crippen molar-refractivity contribution in [3.05, 3.63) is 148 Å². The van der Waals surface area contributed by atoms with E-state index in [1.165, 1.54) is 11.3 Å². The molecule has 0 unspecified atom stereocenters. The van der Waals surface area contributed by atoms with Crippen molar-refractivity contribution < 1.29 is 9.59 Å². The number of nitrogens with zero attached hydrogens (tertiary/aromatic N) is 5. The van der Waals surface area contributed by atoms with Gasteiger partial charge in [-0.05, 0) is 77.7 Å². The number of thiophene rings is 1. The Morgan fingerprint density at radius 1 is 1.00 bits per heavy atom. The summed E-state index contributed by atoms with van der Waals surface area (Å²) in [4.78, 5) is 37.9. The molecule has 0 aliphatic heterocycles. The fraction of sp³-hybridized carbons (Fsp3) is 0.114. The molecule has 0 spiro atoms. The van der Waals surface area contributed by atoms with Crippen LogP contribution >= 0.6 is 22.9 Å². The molecule has 2 amide bonds. The number of aromatic nitrogens is 3. The maximum Gasteiger partial charge on any atom is 0.261 e. The second-order valence-corrected chi connectivity index (χ2v) is 11.9. The number of imidazole rings is 1. The number of carbonyl (C=O) groups excluding carboxylic acids is 2. The maximum atomic E-state index is 14.0. The summed E-state index contributed by atoms with van der Waals surface area (Å²) >= 11 is 7.66. The summed E-state index contributed by atoms with van der Waals surface area (Å²) in [6.45, 7) is 1.26. The number of carbonyl (C=O) groups is 2. The lowest BCUT2D eigenvalue weighted by Gasteiger charge is -2.24. The number of nitriles is 1. The predicted octanol–water partition coefficient (Wildman–Crippen LogP) is 6.89. The number of hydrogen-bond acceptors (Lipinski definition) is 6. The molecule has 0 saturated heterocycles. The molecule has 6 aromatic rings. The highest BCUT2D eigenvalue weighted by Crippen LogP contribution is 2.31. The maximum absolute atomic E-state index is 14.0. The van der Waals surface area contributed by atoms with Gasteiger partial charge < -0.3 is 14.8 Å². The first-order chi connectivity index (χ1) is 22.0. The van der Waals surface area contributed by atoms with Gasteiger partial charge in [-0.2, -0.15) is 5.26 Å². The Kier molecular flexibility index (Phi) is 8.96. The zero-order valence-electron chi connectivity index (χ0n) is 24.1. The minimum Gasteiger partial charge on any atom is -0.351 e. The lowest BCUT2D eigenvalue weighted by molar-refractivity contribution is 0.0956. The molecule has 10 heteroatoms. The third kappa shape index (κ3) is 7.10. The van der Waals surface area contributed by atoms with Gasteiger partial charge in [-0.25, -0.2) is 4.98 Å². The van der Waals surface area contributed by atoms with Crippen molar-refractivity contribution in [3.8, 4) is 6.07 Å². The normalized spacial score (nSPS) is 10.8. The van der Waals surface area contributed by atoms with Gasteiger partial charge >= 0.3 is 0 Å². The summed E-state index contributed by atoms with van der Waals surface area (Å²) in [5.74, 6) is -0.363. The monoisotopic (exact) mass is 630 g/mol. The molecule has 0 atom stereocenters. The molecule has 3 aromatic carbocycles. The second-order valence-electron chi connectivity index (χ2n) is 10.4. The van der Waals surface area contributed by atoms with E-state index in [1.807, 2.05) is 59.2 Å². The van der Waals surface area contributed by atoms with Crippen molar-refractivity contribution in [2.24, 2.45) is 0 Å². The molecule has 0 bridgehead atoms. The third-order valence-corrected chi connectivity index (χ3v) is 8.65. The largest absolute Gasteiger partial charge is 0.351 e. The summed E-state index contributed by atoms with van der Waals surface area (Å²) in [7, 11) is 0. The summed E-state index contributed by atoms with van der Waals surface area (Å²) in [6.07, 6.45) is 5.86. The molecule has 3 aromatic heterocycles. The first kappa shape index (κ1) is 29.8. The molecule has 6 rings (SSSR count). The summed E-state index contributed by atoms with van der Waals surface area (Å²) in [5.41, 5.74) is 4.48. The molecule has 1 N–H and O–H groups in total. The van der Waals surface area contributed by atoms with Crippen LogP contribution in [0, 0.1) is 11.3 Å². The standard InChI is InChI=1S/C35H27ClN6O2S/c36-28-5-3-4-26(16-28)35(44)42(22-31-20-38-23-41(31)21-25-9-7-24(19-37)8-10-25)30-11-12-32-27(17-30)18-33(45-32)34(43)40-15-13-29-6-1-2-14-39-29/h1-12,14,16-18,20,23H,13,15,21-22H2,(H,40,43). The van der Waals surface area contributed by atoms with E-state index in [9.17, 15) is 9.59 Å². The quantitative estimate of drug-likeness (QED) is 0.178. The Hall–Kier alpha value is -5.30. The average molecular weight is 631 g/mol. The van der Waals surface area contributed by atoms with E-state index in [1.54, 1.807) is 60.0 Å². The summed E-state index contributed by atoms with van der Waals surface area (Å²) in [6, 6.07) is 29.8. The van der Waals surface area contributed by atoms with Gasteiger partial charge in [0.2, 0.25) is 0 Å². The Morgan fingerprint density at radius 2 is 1.87 bits per heavy atom. The number of hydrogen-bond donors (Lipinski definition) is 1. The Morgan fingerprint density at radius 3 is 2.64 bits per heavy atom. The molecule has 0 aliphatic rings. The number of rotatable bonds is 10. The molecule has 0 aliphatic carbocycles. The van der Waals surface area contributed by atoms with Crippen LogP contribution in [0.3, 0.4) is 0 Å². The average Bonchev–Trinajstić information content (AvgIpc) is 3.70. The number of amides is 2. The van der Waals surface area contributed by atoms with E-state index < -0.39 is 0 Å². The van der Waals surface area contributed by atoms with Crippen LogP contribution in [-0.2, 0) is 19.5 Å². The van der Waals surface area contributed by atoms with Crippen molar-refractivity contribution in [2.75, 3.05) is 11.4 Å². The van der Waals surface area contributed by atoms with Crippen LogP contribution in [0.2, 0.25) is 5.02 Å². The van der Waals surface area contributed by atoms with Gasteiger partial charge in [-0.3, -0.25) is 14.6 Å². The predicted molar refractivity (Wildman–Crippen MR) is 177 cm³/mol. The van der Waals surface area contributed by atoms with Crippen LogP contribution in [0.4, 0.5) is 5.69 Å². The minimum atomic E-state index is -0.217. The van der Waals surface area contributed by atoms with Crippen LogP contribution in [0.1, 0.15) is 42.5 Å². The van der Waals surface area contributed by atoms with Crippen molar-refractivity contribution in [3.63, 3.8) is 0 Å². The van der Waals surface area contributed by atoms with Crippen LogP contribution in [0.5, 0.6) is 0 Å². The number of halogens is 1. The third-order valence-electron chi connectivity index (χ3n) is 7.30. The van der Waals surface area contributed by atoms with Crippen molar-refractivity contribution in [1.82, 2.24) is 19.9 Å². The van der Waals surface area contributed by atoms with Gasteiger partial charge in [-0.1, -0.05) is 35.9 Å². The Bertz CT molecular complexity index is 2010. The van der Waals surface area contributed by atoms with Gasteiger partial charge in [0.25, 0.3) is 11.8 Å². The number of fused-ring (bicyclic) bond motifs is 1. The lowest BCUT2D eigenvalue weighted by atomic mass is 10.1. The van der Waals surface area contributed by atoms with E-state index in [0.29, 0.717) is 46.2 Å². The summed E-state index contributed by atoms with van der Waals surface area (Å²) in [5, 5.41) is 13.5. The molecule has 3 heterocycles. The zero-order valence-corrected chi connectivity index (χ0v) is 25.6. The fourth-order valence-corrected chi connectivity index (χ4v) is 6.12. The highest BCUT2D eigenvalue weighted by atomic mass is 35.5. The highest BCUT2D eigenvalue weighted by molar-refractivity contribution is 7.20. The van der Waals surface area contributed by atoms with E-state index >= 15 is 0 Å². The molecular formula is C35H27ClN6O2S. The SMILES string of the molecule is N#Cc1ccc(Cn2cncc2CN(C(=O)c2cccc(Cl)c2)c2ccc3sc(C(=O)NCCc4ccccn4)cc3c2)cc1.